The van der Waals surface area contributed by atoms with Gasteiger partial charge >= 0.3 is 0 Å². The molecule has 0 aromatic heterocycles. The second kappa shape index (κ2) is 8.34. The summed E-state index contributed by atoms with van der Waals surface area (Å²) in [5, 5.41) is 15.6. The number of rotatable bonds is 5. The smallest absolute Gasteiger partial charge is 0.248 e. The minimum atomic E-state index is -0.504. The predicted molar refractivity (Wildman–Crippen MR) is 97.0 cm³/mol. The minimum absolute atomic E-state index is 0.136. The van der Waals surface area contributed by atoms with Crippen LogP contribution in [-0.2, 0) is 14.4 Å². The first-order valence-corrected chi connectivity index (χ1v) is 8.88. The number of nitrogens with zero attached hydrogens (tertiary/aromatic N) is 3. The molecule has 2 N–H and O–H groups in total. The predicted octanol–water partition coefficient (Wildman–Crippen LogP) is 0.0957. The van der Waals surface area contributed by atoms with Crippen molar-refractivity contribution in [3.05, 3.63) is 29.6 Å². The van der Waals surface area contributed by atoms with Crippen molar-refractivity contribution in [2.75, 3.05) is 44.2 Å². The van der Waals surface area contributed by atoms with Gasteiger partial charge < -0.3 is 25.1 Å². The number of aliphatic hydroxyl groups is 1. The molecule has 9 heteroatoms. The van der Waals surface area contributed by atoms with Crippen molar-refractivity contribution in [2.45, 2.75) is 19.4 Å². The molecule has 0 bridgehead atoms. The first-order valence-electron chi connectivity index (χ1n) is 8.88. The van der Waals surface area contributed by atoms with Gasteiger partial charge in [0.2, 0.25) is 11.8 Å². The molecule has 0 radical (unpaired) electrons. The number of halogens is 1. The van der Waals surface area contributed by atoms with E-state index in [1.165, 1.54) is 13.0 Å². The van der Waals surface area contributed by atoms with Crippen LogP contribution in [0.4, 0.5) is 10.1 Å². The Morgan fingerprint density at radius 2 is 2.07 bits per heavy atom. The average Bonchev–Trinajstić information content (AvgIpc) is 3.15. The summed E-state index contributed by atoms with van der Waals surface area (Å²) < 4.78 is 14.6. The van der Waals surface area contributed by atoms with Gasteiger partial charge in [0.05, 0.1) is 17.9 Å². The lowest BCUT2D eigenvalue weighted by atomic mass is 10.0. The highest BCUT2D eigenvalue weighted by Crippen LogP contribution is 2.24. The number of carbonyl (C=O) groups excluding carboxylic acids is 2. The summed E-state index contributed by atoms with van der Waals surface area (Å²) in [5.74, 6) is -0.802. The lowest BCUT2D eigenvalue weighted by Gasteiger charge is -2.36. The molecule has 2 aliphatic rings. The molecule has 0 unspecified atom stereocenters. The SMILES string of the molecule is CC(=O)NC[C@@H]1CC(c2ccc(N3CCN(C(=O)CO)CC3)c(F)c2)=NO1. The van der Waals surface area contributed by atoms with Crippen molar-refractivity contribution < 1.29 is 23.9 Å². The summed E-state index contributed by atoms with van der Waals surface area (Å²) in [5.41, 5.74) is 1.77. The first-order chi connectivity index (χ1) is 13.0. The Balaban J connectivity index is 1.60. The number of aliphatic hydroxyl groups excluding tert-OH is 1. The van der Waals surface area contributed by atoms with Gasteiger partial charge in [-0.25, -0.2) is 4.39 Å². The van der Waals surface area contributed by atoms with E-state index >= 15 is 0 Å². The molecule has 2 amide bonds. The fourth-order valence-electron chi connectivity index (χ4n) is 3.21. The number of hydrogen-bond acceptors (Lipinski definition) is 6. The lowest BCUT2D eigenvalue weighted by Crippen LogP contribution is -2.49. The number of anilines is 1. The quantitative estimate of drug-likeness (QED) is 0.758. The summed E-state index contributed by atoms with van der Waals surface area (Å²) in [6, 6.07) is 4.94. The number of amides is 2. The molecule has 1 saturated heterocycles. The van der Waals surface area contributed by atoms with Gasteiger partial charge in [0.1, 0.15) is 18.5 Å². The van der Waals surface area contributed by atoms with Gasteiger partial charge in [-0.05, 0) is 12.1 Å². The van der Waals surface area contributed by atoms with Crippen molar-refractivity contribution >= 4 is 23.2 Å². The lowest BCUT2D eigenvalue weighted by molar-refractivity contribution is -0.134. The second-order valence-corrected chi connectivity index (χ2v) is 6.60. The number of benzene rings is 1. The van der Waals surface area contributed by atoms with Crippen molar-refractivity contribution in [2.24, 2.45) is 5.16 Å². The topological polar surface area (TPSA) is 94.5 Å². The van der Waals surface area contributed by atoms with E-state index in [9.17, 15) is 14.0 Å². The van der Waals surface area contributed by atoms with Crippen molar-refractivity contribution in [3.8, 4) is 0 Å². The van der Waals surface area contributed by atoms with Crippen molar-refractivity contribution in [1.82, 2.24) is 10.2 Å². The molecule has 2 aliphatic heterocycles. The van der Waals surface area contributed by atoms with E-state index in [4.69, 9.17) is 9.94 Å². The Hall–Kier alpha value is -2.68. The highest BCUT2D eigenvalue weighted by atomic mass is 19.1. The van der Waals surface area contributed by atoms with Gasteiger partial charge in [-0.2, -0.15) is 0 Å². The molecular formula is C18H23FN4O4. The Labute approximate surface area is 156 Å². The van der Waals surface area contributed by atoms with Crippen molar-refractivity contribution in [3.63, 3.8) is 0 Å². The third-order valence-electron chi connectivity index (χ3n) is 4.70. The molecular weight excluding hydrogens is 355 g/mol. The molecule has 0 saturated carbocycles. The molecule has 1 fully saturated rings. The Bertz CT molecular complexity index is 747. The molecule has 8 nitrogen and oxygen atoms in total. The molecule has 1 atom stereocenters. The molecule has 146 valence electrons. The second-order valence-electron chi connectivity index (χ2n) is 6.60. The van der Waals surface area contributed by atoms with Gasteiger partial charge in [-0.1, -0.05) is 11.2 Å². The van der Waals surface area contributed by atoms with E-state index in [1.54, 1.807) is 17.0 Å². The third-order valence-corrected chi connectivity index (χ3v) is 4.70. The minimum Gasteiger partial charge on any atom is -0.390 e. The maximum atomic E-state index is 14.6. The number of nitrogens with one attached hydrogen (secondary N) is 1. The van der Waals surface area contributed by atoms with E-state index in [-0.39, 0.29) is 23.7 Å². The van der Waals surface area contributed by atoms with Gasteiger partial charge in [-0.15, -0.1) is 0 Å². The van der Waals surface area contributed by atoms with Crippen molar-refractivity contribution in [1.29, 1.82) is 0 Å². The Kier molecular flexibility index (Phi) is 5.90. The molecule has 3 rings (SSSR count). The monoisotopic (exact) mass is 378 g/mol. The van der Waals surface area contributed by atoms with E-state index in [1.807, 2.05) is 4.90 Å². The van der Waals surface area contributed by atoms with Crippen LogP contribution >= 0.6 is 0 Å². The van der Waals surface area contributed by atoms with Gasteiger partial charge in [0, 0.05) is 45.1 Å². The maximum Gasteiger partial charge on any atom is 0.248 e. The largest absolute Gasteiger partial charge is 0.390 e. The molecule has 2 heterocycles. The van der Waals surface area contributed by atoms with Crippen LogP contribution in [-0.4, -0.2) is 73.0 Å². The van der Waals surface area contributed by atoms with E-state index in [0.29, 0.717) is 56.1 Å². The van der Waals surface area contributed by atoms with Crippen LogP contribution < -0.4 is 10.2 Å². The number of hydrogen-bond donors (Lipinski definition) is 2. The number of oxime groups is 1. The van der Waals surface area contributed by atoms with Gasteiger partial charge in [0.25, 0.3) is 0 Å². The fourth-order valence-corrected chi connectivity index (χ4v) is 3.21. The number of piperazine rings is 1. The molecule has 0 spiro atoms. The third kappa shape index (κ3) is 4.54. The van der Waals surface area contributed by atoms with Crippen LogP contribution in [0.2, 0.25) is 0 Å². The highest BCUT2D eigenvalue weighted by molar-refractivity contribution is 6.01. The fraction of sp³-hybridized carbons (Fsp3) is 0.500. The van der Waals surface area contributed by atoms with Crippen LogP contribution in [0.3, 0.4) is 0 Å². The van der Waals surface area contributed by atoms with Crippen LogP contribution in [0.5, 0.6) is 0 Å². The van der Waals surface area contributed by atoms with Gasteiger partial charge in [0.15, 0.2) is 0 Å². The molecule has 0 aliphatic carbocycles. The van der Waals surface area contributed by atoms with E-state index < -0.39 is 6.61 Å². The summed E-state index contributed by atoms with van der Waals surface area (Å²) in [4.78, 5) is 31.2. The summed E-state index contributed by atoms with van der Waals surface area (Å²) in [7, 11) is 0. The first kappa shape index (κ1) is 19.1. The van der Waals surface area contributed by atoms with Gasteiger partial charge in [-0.3, -0.25) is 9.59 Å². The summed E-state index contributed by atoms with van der Waals surface area (Å²) in [6.45, 7) is 3.20. The summed E-state index contributed by atoms with van der Waals surface area (Å²) >= 11 is 0. The van der Waals surface area contributed by atoms with E-state index in [2.05, 4.69) is 10.5 Å². The van der Waals surface area contributed by atoms with Crippen LogP contribution in [0.15, 0.2) is 23.4 Å². The van der Waals surface area contributed by atoms with Crippen LogP contribution in [0.1, 0.15) is 18.9 Å². The maximum absolute atomic E-state index is 14.6. The van der Waals surface area contributed by atoms with E-state index in [0.717, 1.165) is 0 Å². The van der Waals surface area contributed by atoms with Crippen LogP contribution in [0.25, 0.3) is 0 Å². The Morgan fingerprint density at radius 3 is 2.70 bits per heavy atom. The highest BCUT2D eigenvalue weighted by Gasteiger charge is 2.25. The van der Waals surface area contributed by atoms with Crippen LogP contribution in [0, 0.1) is 5.82 Å². The summed E-state index contributed by atoms with van der Waals surface area (Å²) in [6.07, 6.45) is 0.255. The molecule has 27 heavy (non-hydrogen) atoms. The zero-order valence-electron chi connectivity index (χ0n) is 15.2. The molecule has 1 aromatic rings. The normalized spacial score (nSPS) is 19.5. The average molecular weight is 378 g/mol. The Morgan fingerprint density at radius 1 is 1.33 bits per heavy atom. The zero-order valence-corrected chi connectivity index (χ0v) is 15.2. The standard InChI is InChI=1S/C18H23FN4O4/c1-12(25)20-10-14-9-16(21-27-14)13-2-3-17(15(19)8-13)22-4-6-23(7-5-22)18(26)11-24/h2-3,8,14,24H,4-7,9-11H2,1H3,(H,20,25)/t14-/m0/s1. The zero-order chi connectivity index (χ0) is 19.4. The number of carbonyl (C=O) groups is 2. The molecule has 1 aromatic carbocycles.